The van der Waals surface area contributed by atoms with Gasteiger partial charge in [-0.05, 0) is 24.5 Å². The normalized spacial score (nSPS) is 33.5. The molecule has 0 aromatic carbocycles. The van der Waals surface area contributed by atoms with E-state index in [0.29, 0.717) is 18.6 Å². The summed E-state index contributed by atoms with van der Waals surface area (Å²) in [5, 5.41) is 0. The van der Waals surface area contributed by atoms with E-state index in [4.69, 9.17) is 9.47 Å². The smallest absolute Gasteiger partial charge is 0.339 e. The van der Waals surface area contributed by atoms with Crippen molar-refractivity contribution in [1.82, 2.24) is 0 Å². The number of carbonyl (C=O) groups excluding carboxylic acids is 2. The Morgan fingerprint density at radius 2 is 2.23 bits per heavy atom. The highest BCUT2D eigenvalue weighted by Gasteiger charge is 2.48. The van der Waals surface area contributed by atoms with Crippen molar-refractivity contribution < 1.29 is 19.1 Å². The monoisotopic (exact) mass is 302 g/mol. The van der Waals surface area contributed by atoms with Gasteiger partial charge in [-0.2, -0.15) is 0 Å². The summed E-state index contributed by atoms with van der Waals surface area (Å²) in [6, 6.07) is 0. The second-order valence-electron chi connectivity index (χ2n) is 6.63. The molecule has 1 heterocycles. The molecule has 0 radical (unpaired) electrons. The topological polar surface area (TPSA) is 52.6 Å². The molecule has 22 heavy (non-hydrogen) atoms. The molecule has 0 saturated carbocycles. The quantitative estimate of drug-likeness (QED) is 0.733. The van der Waals surface area contributed by atoms with Gasteiger partial charge in [0.2, 0.25) is 0 Å². The van der Waals surface area contributed by atoms with E-state index in [0.717, 1.165) is 17.6 Å². The summed E-state index contributed by atoms with van der Waals surface area (Å²) >= 11 is 0. The van der Waals surface area contributed by atoms with E-state index in [2.05, 4.69) is 19.9 Å². The van der Waals surface area contributed by atoms with Crippen molar-refractivity contribution in [2.24, 2.45) is 11.3 Å². The molecule has 3 rings (SSSR count). The van der Waals surface area contributed by atoms with Crippen molar-refractivity contribution in [1.29, 1.82) is 0 Å². The van der Waals surface area contributed by atoms with E-state index in [1.165, 1.54) is 12.5 Å². The highest BCUT2D eigenvalue weighted by molar-refractivity contribution is 5.95. The zero-order valence-corrected chi connectivity index (χ0v) is 13.6. The van der Waals surface area contributed by atoms with E-state index in [-0.39, 0.29) is 29.4 Å². The average Bonchev–Trinajstić information content (AvgIpc) is 2.74. The van der Waals surface area contributed by atoms with Crippen molar-refractivity contribution in [2.75, 3.05) is 0 Å². The molecule has 1 aliphatic heterocycles. The van der Waals surface area contributed by atoms with Crippen molar-refractivity contribution in [3.8, 4) is 0 Å². The fourth-order valence-corrected chi connectivity index (χ4v) is 3.88. The van der Waals surface area contributed by atoms with E-state index in [1.807, 2.05) is 13.0 Å². The van der Waals surface area contributed by atoms with Crippen LogP contribution in [0.15, 0.2) is 34.6 Å². The maximum atomic E-state index is 12.0. The van der Waals surface area contributed by atoms with Gasteiger partial charge in [-0.1, -0.05) is 26.8 Å². The summed E-state index contributed by atoms with van der Waals surface area (Å²) in [4.78, 5) is 23.3. The summed E-state index contributed by atoms with van der Waals surface area (Å²) in [6.07, 6.45) is 6.17. The molecule has 0 saturated heterocycles. The van der Waals surface area contributed by atoms with Crippen LogP contribution in [0.3, 0.4) is 0 Å². The molecule has 0 aromatic rings. The first-order valence-electron chi connectivity index (χ1n) is 7.91. The van der Waals surface area contributed by atoms with Crippen molar-refractivity contribution in [3.63, 3.8) is 0 Å². The molecule has 4 nitrogen and oxygen atoms in total. The minimum absolute atomic E-state index is 0.107. The van der Waals surface area contributed by atoms with Crippen LogP contribution < -0.4 is 0 Å². The lowest BCUT2D eigenvalue weighted by molar-refractivity contribution is -0.151. The van der Waals surface area contributed by atoms with Crippen LogP contribution in [0.5, 0.6) is 0 Å². The number of ether oxygens (including phenoxy) is 2. The number of carbonyl (C=O) groups is 2. The molecule has 0 bridgehead atoms. The number of allylic oxidation sites excluding steroid dienone is 3. The van der Waals surface area contributed by atoms with Crippen molar-refractivity contribution in [2.45, 2.75) is 53.1 Å². The molecular weight excluding hydrogens is 280 g/mol. The SMILES string of the molecule is CCC1=C2CC3(C)C(=CCC(OC(C)=O)C3C)C=C2OC1=O. The Bertz CT molecular complexity index is 637. The van der Waals surface area contributed by atoms with Crippen LogP contribution in [-0.4, -0.2) is 18.0 Å². The lowest BCUT2D eigenvalue weighted by Gasteiger charge is -2.46. The lowest BCUT2D eigenvalue weighted by Crippen LogP contribution is -2.42. The third-order valence-corrected chi connectivity index (χ3v) is 5.40. The largest absolute Gasteiger partial charge is 0.462 e. The van der Waals surface area contributed by atoms with Crippen LogP contribution in [0.25, 0.3) is 0 Å². The number of fused-ring (bicyclic) bond motifs is 2. The molecule has 3 unspecified atom stereocenters. The summed E-state index contributed by atoms with van der Waals surface area (Å²) < 4.78 is 10.9. The molecule has 3 atom stereocenters. The first-order valence-corrected chi connectivity index (χ1v) is 7.91. The zero-order chi connectivity index (χ0) is 16.1. The standard InChI is InChI=1S/C18H22O4/c1-5-13-14-9-18(4)10(2)15(21-11(3)19)7-6-12(18)8-16(14)22-17(13)20/h6,8,10,15H,5,7,9H2,1-4H3. The van der Waals surface area contributed by atoms with Gasteiger partial charge >= 0.3 is 11.9 Å². The Morgan fingerprint density at radius 3 is 2.86 bits per heavy atom. The van der Waals surface area contributed by atoms with E-state index in [1.54, 1.807) is 0 Å². The van der Waals surface area contributed by atoms with Crippen LogP contribution >= 0.6 is 0 Å². The van der Waals surface area contributed by atoms with E-state index in [9.17, 15) is 9.59 Å². The van der Waals surface area contributed by atoms with Crippen LogP contribution in [0, 0.1) is 11.3 Å². The van der Waals surface area contributed by atoms with Crippen molar-refractivity contribution >= 4 is 11.9 Å². The average molecular weight is 302 g/mol. The predicted molar refractivity (Wildman–Crippen MR) is 81.6 cm³/mol. The molecule has 0 aromatic heterocycles. The van der Waals surface area contributed by atoms with E-state index >= 15 is 0 Å². The first-order chi connectivity index (χ1) is 10.4. The van der Waals surface area contributed by atoms with Crippen LogP contribution in [0.1, 0.15) is 47.0 Å². The number of hydrogen-bond donors (Lipinski definition) is 0. The van der Waals surface area contributed by atoms with Crippen molar-refractivity contribution in [3.05, 3.63) is 34.6 Å². The number of hydrogen-bond acceptors (Lipinski definition) is 4. The fraction of sp³-hybridized carbons (Fsp3) is 0.556. The second-order valence-corrected chi connectivity index (χ2v) is 6.63. The summed E-state index contributed by atoms with van der Waals surface area (Å²) in [5.74, 6) is 0.451. The number of esters is 2. The van der Waals surface area contributed by atoms with Crippen LogP contribution in [0.4, 0.5) is 0 Å². The van der Waals surface area contributed by atoms with Crippen LogP contribution in [-0.2, 0) is 19.1 Å². The van der Waals surface area contributed by atoms with Gasteiger partial charge < -0.3 is 9.47 Å². The fourth-order valence-electron chi connectivity index (χ4n) is 3.88. The maximum absolute atomic E-state index is 12.0. The number of rotatable bonds is 2. The highest BCUT2D eigenvalue weighted by atomic mass is 16.5. The molecule has 3 aliphatic rings. The predicted octanol–water partition coefficient (Wildman–Crippen LogP) is 3.44. The van der Waals surface area contributed by atoms with Gasteiger partial charge in [0, 0.05) is 35.8 Å². The van der Waals surface area contributed by atoms with Gasteiger partial charge in [-0.15, -0.1) is 0 Å². The molecular formula is C18H22O4. The van der Waals surface area contributed by atoms with Gasteiger partial charge in [0.05, 0.1) is 0 Å². The lowest BCUT2D eigenvalue weighted by atomic mass is 9.60. The third-order valence-electron chi connectivity index (χ3n) is 5.40. The Morgan fingerprint density at radius 1 is 1.50 bits per heavy atom. The molecule has 0 fully saturated rings. The summed E-state index contributed by atoms with van der Waals surface area (Å²) in [6.45, 7) is 7.75. The van der Waals surface area contributed by atoms with Gasteiger partial charge in [-0.3, -0.25) is 4.79 Å². The molecule has 0 amide bonds. The molecule has 0 N–H and O–H groups in total. The zero-order valence-electron chi connectivity index (χ0n) is 13.6. The first kappa shape index (κ1) is 15.1. The molecule has 2 aliphatic carbocycles. The van der Waals surface area contributed by atoms with Gasteiger partial charge in [-0.25, -0.2) is 4.79 Å². The van der Waals surface area contributed by atoms with E-state index < -0.39 is 0 Å². The summed E-state index contributed by atoms with van der Waals surface area (Å²) in [5.41, 5.74) is 2.87. The van der Waals surface area contributed by atoms with Gasteiger partial charge in [0.25, 0.3) is 0 Å². The summed E-state index contributed by atoms with van der Waals surface area (Å²) in [7, 11) is 0. The van der Waals surface area contributed by atoms with Gasteiger partial charge in [0.15, 0.2) is 0 Å². The highest BCUT2D eigenvalue weighted by Crippen LogP contribution is 2.54. The second kappa shape index (κ2) is 5.11. The molecule has 4 heteroatoms. The Hall–Kier alpha value is -1.84. The maximum Gasteiger partial charge on any atom is 0.339 e. The molecule has 0 spiro atoms. The Kier molecular flexibility index (Phi) is 3.50. The Balaban J connectivity index is 2.01. The minimum atomic E-state index is -0.239. The van der Waals surface area contributed by atoms with Gasteiger partial charge in [0.1, 0.15) is 11.9 Å². The minimum Gasteiger partial charge on any atom is -0.462 e. The van der Waals surface area contributed by atoms with Crippen LogP contribution in [0.2, 0.25) is 0 Å². The third kappa shape index (κ3) is 2.13. The molecule has 118 valence electrons. The Labute approximate surface area is 130 Å².